The van der Waals surface area contributed by atoms with Crippen molar-refractivity contribution < 1.29 is 31.1 Å². The summed E-state index contributed by atoms with van der Waals surface area (Å²) in [5.41, 5.74) is 0. The second-order valence-electron chi connectivity index (χ2n) is 5.20. The molecule has 2 amide bonds. The summed E-state index contributed by atoms with van der Waals surface area (Å²) in [5.74, 6) is 0.0527. The van der Waals surface area contributed by atoms with Crippen molar-refractivity contribution in [3.05, 3.63) is 30.5 Å². The van der Waals surface area contributed by atoms with E-state index in [1.54, 1.807) is 4.72 Å². The van der Waals surface area contributed by atoms with Crippen LogP contribution in [0.15, 0.2) is 40.4 Å². The molecule has 0 saturated carbocycles. The molecule has 0 aliphatic carbocycles. The van der Waals surface area contributed by atoms with E-state index >= 15 is 0 Å². The minimum atomic E-state index is -4.58. The van der Waals surface area contributed by atoms with Crippen LogP contribution >= 0.6 is 0 Å². The van der Waals surface area contributed by atoms with Gasteiger partial charge in [0.2, 0.25) is 5.88 Å². The number of rotatable bonds is 7. The van der Waals surface area contributed by atoms with Crippen molar-refractivity contribution in [1.82, 2.24) is 14.7 Å². The Balaban J connectivity index is 2.30. The van der Waals surface area contributed by atoms with Crippen molar-refractivity contribution in [2.24, 2.45) is 0 Å². The normalized spacial score (nSPS) is 11.5. The average molecular weight is 430 g/mol. The summed E-state index contributed by atoms with van der Waals surface area (Å²) in [6, 6.07) is 4.01. The lowest BCUT2D eigenvalue weighted by Gasteiger charge is -2.12. The molecule has 0 saturated heterocycles. The minimum absolute atomic E-state index is 0.0497. The first-order valence-corrected chi connectivity index (χ1v) is 10.9. The number of carbonyl (C=O) groups excluding carboxylic acids is 1. The van der Waals surface area contributed by atoms with Gasteiger partial charge in [-0.15, -0.1) is 0 Å². The molecule has 0 atom stereocenters. The fraction of sp³-hybridized carbons (Fsp3) is 0.267. The summed E-state index contributed by atoms with van der Waals surface area (Å²) in [6.07, 6.45) is 1.11. The summed E-state index contributed by atoms with van der Waals surface area (Å²) in [4.78, 5) is 19.2. The SMILES string of the molecule is CCS(=O)(=O)c1cccnc1S(=O)(=O)NC(=O)Nc1cc(OC)cc(OC)n1. The van der Waals surface area contributed by atoms with Gasteiger partial charge in [0.1, 0.15) is 16.5 Å². The predicted molar refractivity (Wildman–Crippen MR) is 98.6 cm³/mol. The van der Waals surface area contributed by atoms with E-state index in [0.29, 0.717) is 5.75 Å². The topological polar surface area (TPSA) is 154 Å². The Bertz CT molecular complexity index is 1060. The molecule has 28 heavy (non-hydrogen) atoms. The zero-order chi connectivity index (χ0) is 20.9. The van der Waals surface area contributed by atoms with Gasteiger partial charge in [0, 0.05) is 18.3 Å². The lowest BCUT2D eigenvalue weighted by molar-refractivity contribution is 0.256. The number of nitrogens with zero attached hydrogens (tertiary/aromatic N) is 2. The van der Waals surface area contributed by atoms with Gasteiger partial charge in [0.15, 0.2) is 14.9 Å². The monoisotopic (exact) mass is 430 g/mol. The number of urea groups is 1. The van der Waals surface area contributed by atoms with Gasteiger partial charge in [-0.3, -0.25) is 5.32 Å². The fourth-order valence-electron chi connectivity index (χ4n) is 2.05. The number of hydrogen-bond donors (Lipinski definition) is 2. The number of pyridine rings is 2. The highest BCUT2D eigenvalue weighted by Gasteiger charge is 2.28. The number of anilines is 1. The molecule has 2 heterocycles. The van der Waals surface area contributed by atoms with Crippen LogP contribution in [-0.4, -0.2) is 52.8 Å². The average Bonchev–Trinajstić information content (AvgIpc) is 2.67. The van der Waals surface area contributed by atoms with Gasteiger partial charge in [0.25, 0.3) is 10.0 Å². The van der Waals surface area contributed by atoms with E-state index in [1.165, 1.54) is 39.3 Å². The van der Waals surface area contributed by atoms with Crippen molar-refractivity contribution >= 4 is 31.7 Å². The number of carbonyl (C=O) groups is 1. The van der Waals surface area contributed by atoms with Crippen LogP contribution in [0.3, 0.4) is 0 Å². The van der Waals surface area contributed by atoms with Gasteiger partial charge in [-0.05, 0) is 12.1 Å². The van der Waals surface area contributed by atoms with E-state index in [-0.39, 0.29) is 17.5 Å². The Morgan fingerprint density at radius 2 is 1.86 bits per heavy atom. The quantitative estimate of drug-likeness (QED) is 0.649. The molecule has 0 fully saturated rings. The predicted octanol–water partition coefficient (Wildman–Crippen LogP) is 0.798. The van der Waals surface area contributed by atoms with Gasteiger partial charge in [-0.2, -0.15) is 13.4 Å². The number of ether oxygens (including phenoxy) is 2. The second-order valence-corrected chi connectivity index (χ2v) is 9.05. The number of nitrogens with one attached hydrogen (secondary N) is 2. The summed E-state index contributed by atoms with van der Waals surface area (Å²) in [6.45, 7) is 1.36. The number of sulfonamides is 1. The van der Waals surface area contributed by atoms with Crippen LogP contribution in [0, 0.1) is 0 Å². The Morgan fingerprint density at radius 3 is 2.46 bits per heavy atom. The van der Waals surface area contributed by atoms with Crippen LogP contribution in [0.5, 0.6) is 11.6 Å². The molecule has 0 spiro atoms. The Kier molecular flexibility index (Phi) is 6.41. The highest BCUT2D eigenvalue weighted by atomic mass is 32.2. The van der Waals surface area contributed by atoms with Crippen LogP contribution in [-0.2, 0) is 19.9 Å². The highest BCUT2D eigenvalue weighted by Crippen LogP contribution is 2.22. The van der Waals surface area contributed by atoms with Crippen LogP contribution < -0.4 is 19.5 Å². The molecule has 0 unspecified atom stereocenters. The van der Waals surface area contributed by atoms with Crippen molar-refractivity contribution in [2.75, 3.05) is 25.3 Å². The summed E-state index contributed by atoms with van der Waals surface area (Å²) in [5, 5.41) is 1.44. The Morgan fingerprint density at radius 1 is 1.14 bits per heavy atom. The molecule has 2 aromatic heterocycles. The Hall–Kier alpha value is -2.93. The minimum Gasteiger partial charge on any atom is -0.496 e. The van der Waals surface area contributed by atoms with Gasteiger partial charge < -0.3 is 9.47 Å². The van der Waals surface area contributed by atoms with Crippen LogP contribution in [0.1, 0.15) is 6.92 Å². The molecule has 2 rings (SSSR count). The van der Waals surface area contributed by atoms with Crippen molar-refractivity contribution in [1.29, 1.82) is 0 Å². The zero-order valence-corrected chi connectivity index (χ0v) is 16.8. The first-order valence-electron chi connectivity index (χ1n) is 7.74. The number of hydrogen-bond acceptors (Lipinski definition) is 9. The standard InChI is InChI=1S/C15H18N4O7S2/c1-4-27(21,22)11-6-5-7-16-14(11)28(23,24)19-15(20)18-12-8-10(25-2)9-13(17-12)26-3/h5-9H,4H2,1-3H3,(H2,17,18,19,20). The van der Waals surface area contributed by atoms with Gasteiger partial charge in [-0.25, -0.2) is 22.9 Å². The van der Waals surface area contributed by atoms with Crippen molar-refractivity contribution in [3.8, 4) is 11.6 Å². The largest absolute Gasteiger partial charge is 0.496 e. The first kappa shape index (κ1) is 21.4. The molecule has 0 aliphatic heterocycles. The van der Waals surface area contributed by atoms with E-state index in [0.717, 1.165) is 12.3 Å². The summed E-state index contributed by atoms with van der Waals surface area (Å²) < 4.78 is 60.9. The molecule has 0 bridgehead atoms. The van der Waals surface area contributed by atoms with Gasteiger partial charge in [-0.1, -0.05) is 6.92 Å². The smallest absolute Gasteiger partial charge is 0.334 e. The summed E-state index contributed by atoms with van der Waals surface area (Å²) >= 11 is 0. The molecule has 2 aromatic rings. The van der Waals surface area contributed by atoms with Gasteiger partial charge >= 0.3 is 6.03 Å². The highest BCUT2D eigenvalue weighted by molar-refractivity contribution is 7.93. The molecule has 11 nitrogen and oxygen atoms in total. The van der Waals surface area contributed by atoms with E-state index in [1.807, 2.05) is 0 Å². The van der Waals surface area contributed by atoms with Crippen LogP contribution in [0.2, 0.25) is 0 Å². The maximum atomic E-state index is 12.5. The van der Waals surface area contributed by atoms with Gasteiger partial charge in [0.05, 0.1) is 20.0 Å². The third-order valence-electron chi connectivity index (χ3n) is 3.39. The van der Waals surface area contributed by atoms with Crippen LogP contribution in [0.25, 0.3) is 0 Å². The van der Waals surface area contributed by atoms with Crippen LogP contribution in [0.4, 0.5) is 10.6 Å². The van der Waals surface area contributed by atoms with E-state index < -0.39 is 35.8 Å². The number of sulfone groups is 1. The fourth-order valence-corrected chi connectivity index (χ4v) is 4.60. The first-order chi connectivity index (χ1) is 13.1. The molecular weight excluding hydrogens is 412 g/mol. The lowest BCUT2D eigenvalue weighted by Crippen LogP contribution is -2.35. The summed E-state index contributed by atoms with van der Waals surface area (Å²) in [7, 11) is -5.72. The molecule has 2 N–H and O–H groups in total. The third kappa shape index (κ3) is 4.86. The third-order valence-corrected chi connectivity index (χ3v) is 6.57. The second kappa shape index (κ2) is 8.39. The number of aromatic nitrogens is 2. The maximum absolute atomic E-state index is 12.5. The molecule has 13 heteroatoms. The maximum Gasteiger partial charge on any atom is 0.334 e. The lowest BCUT2D eigenvalue weighted by atomic mass is 10.4. The molecular formula is C15H18N4O7S2. The molecule has 0 radical (unpaired) electrons. The zero-order valence-electron chi connectivity index (χ0n) is 15.2. The van der Waals surface area contributed by atoms with E-state index in [2.05, 4.69) is 15.3 Å². The molecule has 0 aromatic carbocycles. The van der Waals surface area contributed by atoms with E-state index in [4.69, 9.17) is 9.47 Å². The molecule has 0 aliphatic rings. The number of amides is 2. The van der Waals surface area contributed by atoms with Crippen molar-refractivity contribution in [2.45, 2.75) is 16.8 Å². The Labute approximate surface area is 162 Å². The van der Waals surface area contributed by atoms with Crippen molar-refractivity contribution in [3.63, 3.8) is 0 Å². The number of methoxy groups -OCH3 is 2. The molecule has 152 valence electrons. The van der Waals surface area contributed by atoms with E-state index in [9.17, 15) is 21.6 Å².